The monoisotopic (exact) mass is 237 g/mol. The fourth-order valence-corrected chi connectivity index (χ4v) is 1.53. The molecule has 2 rings (SSSR count). The van der Waals surface area contributed by atoms with Crippen molar-refractivity contribution in [2.75, 3.05) is 5.32 Å². The van der Waals surface area contributed by atoms with Gasteiger partial charge in [-0.05, 0) is 12.1 Å². The minimum absolute atomic E-state index is 0.00611. The van der Waals surface area contributed by atoms with Crippen LogP contribution < -0.4 is 5.32 Å². The maximum atomic E-state index is 11.7. The number of nitrogens with zero attached hydrogens (tertiary/aromatic N) is 2. The molecule has 2 aromatic rings. The topological polar surface area (TPSA) is 95.3 Å². The average Bonchev–Trinajstić information content (AvgIpc) is 2.74. The molecule has 0 fully saturated rings. The van der Waals surface area contributed by atoms with E-state index in [1.165, 1.54) is 24.4 Å². The van der Waals surface area contributed by atoms with Gasteiger partial charge in [0.25, 0.3) is 5.91 Å². The van der Waals surface area contributed by atoms with Crippen molar-refractivity contribution in [3.63, 3.8) is 0 Å². The summed E-state index contributed by atoms with van der Waals surface area (Å²) in [6.45, 7) is 0. The van der Waals surface area contributed by atoms with Gasteiger partial charge in [-0.1, -0.05) is 10.6 Å². The fraction of sp³-hybridized carbons (Fsp3) is 0. The Morgan fingerprint density at radius 3 is 2.88 bits per heavy atom. The van der Waals surface area contributed by atoms with E-state index in [2.05, 4.69) is 14.9 Å². The van der Waals surface area contributed by atoms with Crippen LogP contribution in [-0.2, 0) is 0 Å². The Labute approximate surface area is 94.3 Å². The summed E-state index contributed by atoms with van der Waals surface area (Å²) in [7, 11) is 0. The second-order valence-corrected chi connectivity index (χ2v) is 3.69. The van der Waals surface area contributed by atoms with Crippen molar-refractivity contribution in [1.29, 1.82) is 0 Å². The van der Waals surface area contributed by atoms with Crippen LogP contribution in [0.4, 0.5) is 5.00 Å². The molecule has 82 valence electrons. The second-order valence-electron chi connectivity index (χ2n) is 2.91. The van der Waals surface area contributed by atoms with Crippen LogP contribution in [-0.4, -0.2) is 25.7 Å². The molecule has 3 N–H and O–H groups in total. The van der Waals surface area contributed by atoms with Gasteiger partial charge in [-0.2, -0.15) is 0 Å². The number of phenolic OH excluding ortho intramolecular Hbond substituents is 2. The fourth-order valence-electron chi connectivity index (χ4n) is 1.12. The van der Waals surface area contributed by atoms with E-state index >= 15 is 0 Å². The van der Waals surface area contributed by atoms with Gasteiger partial charge < -0.3 is 15.5 Å². The summed E-state index contributed by atoms with van der Waals surface area (Å²) in [6.07, 6.45) is 1.39. The minimum atomic E-state index is -0.528. The highest BCUT2D eigenvalue weighted by atomic mass is 32.1. The zero-order chi connectivity index (χ0) is 11.5. The van der Waals surface area contributed by atoms with Gasteiger partial charge in [0.2, 0.25) is 0 Å². The molecule has 0 bridgehead atoms. The van der Waals surface area contributed by atoms with Crippen LogP contribution in [0.1, 0.15) is 10.4 Å². The SMILES string of the molecule is O=C(Nc1cnns1)c1cccc(O)c1O. The first-order valence-electron chi connectivity index (χ1n) is 4.28. The smallest absolute Gasteiger partial charge is 0.260 e. The van der Waals surface area contributed by atoms with E-state index in [1.807, 2.05) is 0 Å². The van der Waals surface area contributed by atoms with Gasteiger partial charge in [-0.3, -0.25) is 4.79 Å². The van der Waals surface area contributed by atoms with Gasteiger partial charge in [0.1, 0.15) is 5.00 Å². The summed E-state index contributed by atoms with van der Waals surface area (Å²) in [5.74, 6) is -1.31. The largest absolute Gasteiger partial charge is 0.504 e. The Balaban J connectivity index is 2.24. The van der Waals surface area contributed by atoms with E-state index in [4.69, 9.17) is 0 Å². The molecule has 1 amide bonds. The third-order valence-electron chi connectivity index (χ3n) is 1.86. The number of aromatic nitrogens is 2. The van der Waals surface area contributed by atoms with E-state index in [0.29, 0.717) is 5.00 Å². The number of amides is 1. The molecule has 0 radical (unpaired) electrons. The number of hydrogen-bond acceptors (Lipinski definition) is 6. The van der Waals surface area contributed by atoms with Gasteiger partial charge in [-0.15, -0.1) is 5.10 Å². The average molecular weight is 237 g/mol. The number of carbonyl (C=O) groups is 1. The molecule has 0 spiro atoms. The molecule has 16 heavy (non-hydrogen) atoms. The number of nitrogens with one attached hydrogen (secondary N) is 1. The molecular weight excluding hydrogens is 230 g/mol. The Morgan fingerprint density at radius 1 is 1.38 bits per heavy atom. The molecule has 1 aromatic carbocycles. The lowest BCUT2D eigenvalue weighted by atomic mass is 10.2. The van der Waals surface area contributed by atoms with E-state index in [9.17, 15) is 15.0 Å². The van der Waals surface area contributed by atoms with Crippen molar-refractivity contribution in [3.05, 3.63) is 30.0 Å². The zero-order valence-corrected chi connectivity index (χ0v) is 8.73. The standard InChI is InChI=1S/C9H7N3O3S/c13-6-3-1-2-5(8(6)14)9(15)11-7-4-10-12-16-7/h1-4,13-14H,(H,11,15). The number of para-hydroxylation sites is 1. The Hall–Kier alpha value is -2.15. The molecular formula is C9H7N3O3S. The summed E-state index contributed by atoms with van der Waals surface area (Å²) in [5, 5.41) is 25.2. The lowest BCUT2D eigenvalue weighted by Gasteiger charge is -2.04. The summed E-state index contributed by atoms with van der Waals surface area (Å²) in [6, 6.07) is 4.16. The molecule has 0 saturated carbocycles. The van der Waals surface area contributed by atoms with Crippen LogP contribution in [0.2, 0.25) is 0 Å². The number of phenols is 2. The number of carbonyl (C=O) groups excluding carboxylic acids is 1. The van der Waals surface area contributed by atoms with Crippen molar-refractivity contribution in [2.24, 2.45) is 0 Å². The lowest BCUT2D eigenvalue weighted by Crippen LogP contribution is -2.10. The lowest BCUT2D eigenvalue weighted by molar-refractivity contribution is 0.102. The molecule has 1 aromatic heterocycles. The van der Waals surface area contributed by atoms with Crippen molar-refractivity contribution in [3.8, 4) is 11.5 Å². The third-order valence-corrected chi connectivity index (χ3v) is 2.44. The number of hydrogen-bond donors (Lipinski definition) is 3. The first-order valence-corrected chi connectivity index (χ1v) is 5.05. The molecule has 0 aliphatic heterocycles. The van der Waals surface area contributed by atoms with Gasteiger partial charge >= 0.3 is 0 Å². The highest BCUT2D eigenvalue weighted by molar-refractivity contribution is 7.10. The van der Waals surface area contributed by atoms with Crippen LogP contribution in [0.5, 0.6) is 11.5 Å². The normalized spacial score (nSPS) is 10.0. The van der Waals surface area contributed by atoms with E-state index < -0.39 is 11.7 Å². The van der Waals surface area contributed by atoms with Crippen LogP contribution in [0, 0.1) is 0 Å². The molecule has 0 aliphatic rings. The Morgan fingerprint density at radius 2 is 2.19 bits per heavy atom. The molecule has 1 heterocycles. The van der Waals surface area contributed by atoms with Crippen molar-refractivity contribution in [2.45, 2.75) is 0 Å². The molecule has 0 atom stereocenters. The molecule has 0 unspecified atom stereocenters. The Bertz CT molecular complexity index is 513. The number of aromatic hydroxyl groups is 2. The quantitative estimate of drug-likeness (QED) is 0.682. The van der Waals surface area contributed by atoms with E-state index in [1.54, 1.807) is 0 Å². The van der Waals surface area contributed by atoms with Crippen molar-refractivity contribution < 1.29 is 15.0 Å². The van der Waals surface area contributed by atoms with Crippen molar-refractivity contribution in [1.82, 2.24) is 9.59 Å². The van der Waals surface area contributed by atoms with Crippen LogP contribution in [0.3, 0.4) is 0 Å². The summed E-state index contributed by atoms with van der Waals surface area (Å²) in [5.41, 5.74) is -0.00611. The zero-order valence-electron chi connectivity index (χ0n) is 7.91. The van der Waals surface area contributed by atoms with Gasteiger partial charge in [-0.25, -0.2) is 0 Å². The van der Waals surface area contributed by atoms with Crippen molar-refractivity contribution >= 4 is 22.4 Å². The van der Waals surface area contributed by atoms with Crippen LogP contribution >= 0.6 is 11.5 Å². The summed E-state index contributed by atoms with van der Waals surface area (Å²) < 4.78 is 3.57. The molecule has 0 aliphatic carbocycles. The number of anilines is 1. The van der Waals surface area contributed by atoms with Crippen LogP contribution in [0.25, 0.3) is 0 Å². The first-order chi connectivity index (χ1) is 7.68. The maximum Gasteiger partial charge on any atom is 0.260 e. The third kappa shape index (κ3) is 1.94. The molecule has 0 saturated heterocycles. The van der Waals surface area contributed by atoms with E-state index in [-0.39, 0.29) is 11.3 Å². The minimum Gasteiger partial charge on any atom is -0.504 e. The van der Waals surface area contributed by atoms with Gasteiger partial charge in [0.05, 0.1) is 11.8 Å². The predicted molar refractivity (Wildman–Crippen MR) is 57.6 cm³/mol. The highest BCUT2D eigenvalue weighted by Crippen LogP contribution is 2.28. The summed E-state index contributed by atoms with van der Waals surface area (Å²) in [4.78, 5) is 11.7. The second kappa shape index (κ2) is 4.15. The number of rotatable bonds is 2. The Kier molecular flexibility index (Phi) is 2.69. The van der Waals surface area contributed by atoms with Crippen LogP contribution in [0.15, 0.2) is 24.4 Å². The maximum absolute atomic E-state index is 11.7. The number of benzene rings is 1. The predicted octanol–water partition coefficient (Wildman–Crippen LogP) is 1.20. The first kappa shape index (κ1) is 10.4. The van der Waals surface area contributed by atoms with Gasteiger partial charge in [0.15, 0.2) is 11.5 Å². The summed E-state index contributed by atoms with van der Waals surface area (Å²) >= 11 is 1.02. The molecule has 7 heteroatoms. The molecule has 6 nitrogen and oxygen atoms in total. The van der Waals surface area contributed by atoms with E-state index in [0.717, 1.165) is 11.5 Å². The van der Waals surface area contributed by atoms with Gasteiger partial charge in [0, 0.05) is 11.5 Å². The highest BCUT2D eigenvalue weighted by Gasteiger charge is 2.14.